The highest BCUT2D eigenvalue weighted by Crippen LogP contribution is 2.28. The van der Waals surface area contributed by atoms with E-state index in [-0.39, 0.29) is 5.95 Å². The molecule has 2 aromatic rings. The predicted octanol–water partition coefficient (Wildman–Crippen LogP) is 4.94. The lowest BCUT2D eigenvalue weighted by molar-refractivity contribution is -0.141. The summed E-state index contributed by atoms with van der Waals surface area (Å²) in [6.45, 7) is 1.88. The molecule has 1 aromatic heterocycles. The second-order valence-corrected chi connectivity index (χ2v) is 5.96. The fourth-order valence-electron chi connectivity index (χ4n) is 1.71. The van der Waals surface area contributed by atoms with Crippen LogP contribution in [0, 0.1) is 18.1 Å². The van der Waals surface area contributed by atoms with E-state index in [4.69, 9.17) is 0 Å². The number of benzene rings is 1. The summed E-state index contributed by atoms with van der Waals surface area (Å²) in [5.41, 5.74) is 1.29. The van der Waals surface area contributed by atoms with E-state index in [1.807, 2.05) is 13.0 Å². The quantitative estimate of drug-likeness (QED) is 0.536. The minimum Gasteiger partial charge on any atom is -0.324 e. The first-order valence-electron chi connectivity index (χ1n) is 5.96. The SMILES string of the molecule is Cc1cc(C#CSI)cc(Nc2nccc(C(F)(F)F)n2)c1. The van der Waals surface area contributed by atoms with E-state index in [1.54, 1.807) is 12.1 Å². The molecule has 114 valence electrons. The zero-order chi connectivity index (χ0) is 16.2. The van der Waals surface area contributed by atoms with Crippen molar-refractivity contribution in [2.45, 2.75) is 13.1 Å². The van der Waals surface area contributed by atoms with Gasteiger partial charge in [0.2, 0.25) is 5.95 Å². The Hall–Kier alpha value is -1.47. The Balaban J connectivity index is 2.29. The van der Waals surface area contributed by atoms with Crippen molar-refractivity contribution in [3.05, 3.63) is 47.3 Å². The van der Waals surface area contributed by atoms with Gasteiger partial charge in [0, 0.05) is 38.7 Å². The van der Waals surface area contributed by atoms with E-state index >= 15 is 0 Å². The van der Waals surface area contributed by atoms with Gasteiger partial charge in [0.15, 0.2) is 0 Å². The van der Waals surface area contributed by atoms with E-state index in [9.17, 15) is 13.2 Å². The summed E-state index contributed by atoms with van der Waals surface area (Å²) in [4.78, 5) is 7.28. The van der Waals surface area contributed by atoms with Crippen LogP contribution in [0.25, 0.3) is 0 Å². The highest BCUT2D eigenvalue weighted by molar-refractivity contribution is 14.2. The van der Waals surface area contributed by atoms with E-state index in [1.165, 1.54) is 8.93 Å². The standard InChI is InChI=1S/C14H9F3IN3S/c1-9-6-10(3-5-22-18)8-11(7-9)20-13-19-4-2-12(21-13)14(15,16)17/h2,4,6-8H,1H3,(H,19,20,21). The molecule has 8 heteroatoms. The summed E-state index contributed by atoms with van der Waals surface area (Å²) in [6, 6.07) is 6.23. The Morgan fingerprint density at radius 1 is 1.27 bits per heavy atom. The van der Waals surface area contributed by atoms with Crippen LogP contribution in [0.1, 0.15) is 16.8 Å². The first-order chi connectivity index (χ1) is 10.4. The van der Waals surface area contributed by atoms with Crippen LogP contribution in [0.2, 0.25) is 0 Å². The number of nitrogens with zero attached hydrogens (tertiary/aromatic N) is 2. The first-order valence-corrected chi connectivity index (χ1v) is 9.32. The van der Waals surface area contributed by atoms with Crippen molar-refractivity contribution in [2.24, 2.45) is 0 Å². The summed E-state index contributed by atoms with van der Waals surface area (Å²) >= 11 is 2.06. The van der Waals surface area contributed by atoms with Crippen LogP contribution in [-0.4, -0.2) is 9.97 Å². The maximum absolute atomic E-state index is 12.6. The Kier molecular flexibility index (Phi) is 5.52. The largest absolute Gasteiger partial charge is 0.433 e. The van der Waals surface area contributed by atoms with Gasteiger partial charge in [-0.1, -0.05) is 5.92 Å². The Bertz CT molecular complexity index is 738. The molecule has 0 unspecified atom stereocenters. The molecule has 0 spiro atoms. The number of alkyl halides is 3. The highest BCUT2D eigenvalue weighted by Gasteiger charge is 2.32. The lowest BCUT2D eigenvalue weighted by atomic mass is 10.1. The summed E-state index contributed by atoms with van der Waals surface area (Å²) in [5.74, 6) is 2.83. The lowest BCUT2D eigenvalue weighted by Crippen LogP contribution is -2.10. The predicted molar refractivity (Wildman–Crippen MR) is 90.0 cm³/mol. The van der Waals surface area contributed by atoms with Gasteiger partial charge in [-0.2, -0.15) is 13.2 Å². The molecular formula is C14H9F3IN3S. The molecule has 3 nitrogen and oxygen atoms in total. The maximum Gasteiger partial charge on any atom is 0.433 e. The summed E-state index contributed by atoms with van der Waals surface area (Å²) in [7, 11) is 1.36. The molecule has 1 N–H and O–H groups in total. The molecular weight excluding hydrogens is 426 g/mol. The van der Waals surface area contributed by atoms with Crippen LogP contribution in [0.3, 0.4) is 0 Å². The molecule has 0 bridgehead atoms. The zero-order valence-corrected chi connectivity index (χ0v) is 14.2. The fourth-order valence-corrected chi connectivity index (χ4v) is 2.20. The number of hydrogen-bond acceptors (Lipinski definition) is 4. The van der Waals surface area contributed by atoms with Gasteiger partial charge in [-0.05, 0) is 50.9 Å². The summed E-state index contributed by atoms with van der Waals surface area (Å²) in [6.07, 6.45) is -3.43. The van der Waals surface area contributed by atoms with Gasteiger partial charge in [0.1, 0.15) is 5.69 Å². The average molecular weight is 435 g/mol. The zero-order valence-electron chi connectivity index (χ0n) is 11.2. The number of rotatable bonds is 2. The molecule has 0 aliphatic carbocycles. The molecule has 0 amide bonds. The third-order valence-electron chi connectivity index (χ3n) is 2.51. The highest BCUT2D eigenvalue weighted by atomic mass is 127. The molecule has 0 saturated carbocycles. The third-order valence-corrected chi connectivity index (χ3v) is 3.35. The third kappa shape index (κ3) is 4.78. The average Bonchev–Trinajstić information content (AvgIpc) is 2.44. The molecule has 1 aromatic carbocycles. The molecule has 0 fully saturated rings. The van der Waals surface area contributed by atoms with Crippen molar-refractivity contribution in [3.8, 4) is 11.2 Å². The second-order valence-electron chi connectivity index (χ2n) is 4.28. The van der Waals surface area contributed by atoms with Crippen molar-refractivity contribution >= 4 is 41.8 Å². The first kappa shape index (κ1) is 16.9. The molecule has 22 heavy (non-hydrogen) atoms. The number of nitrogens with one attached hydrogen (secondary N) is 1. The number of aryl methyl sites for hydroxylation is 1. The topological polar surface area (TPSA) is 37.8 Å². The lowest BCUT2D eigenvalue weighted by Gasteiger charge is -2.09. The smallest absolute Gasteiger partial charge is 0.324 e. The van der Waals surface area contributed by atoms with E-state index < -0.39 is 11.9 Å². The molecule has 0 saturated heterocycles. The van der Waals surface area contributed by atoms with Crippen molar-refractivity contribution < 1.29 is 13.2 Å². The van der Waals surface area contributed by atoms with Gasteiger partial charge in [0.05, 0.1) is 0 Å². The van der Waals surface area contributed by atoms with Gasteiger partial charge in [-0.15, -0.1) is 0 Å². The van der Waals surface area contributed by atoms with Crippen LogP contribution in [0.15, 0.2) is 30.5 Å². The van der Waals surface area contributed by atoms with Gasteiger partial charge < -0.3 is 5.32 Å². The van der Waals surface area contributed by atoms with E-state index in [0.29, 0.717) is 5.69 Å². The van der Waals surface area contributed by atoms with Gasteiger partial charge in [0.25, 0.3) is 0 Å². The molecule has 0 aliphatic heterocycles. The van der Waals surface area contributed by atoms with Crippen LogP contribution in [0.5, 0.6) is 0 Å². The van der Waals surface area contributed by atoms with Crippen LogP contribution in [0.4, 0.5) is 24.8 Å². The monoisotopic (exact) mass is 435 g/mol. The van der Waals surface area contributed by atoms with Gasteiger partial charge >= 0.3 is 6.18 Å². The van der Waals surface area contributed by atoms with Gasteiger partial charge in [-0.3, -0.25) is 0 Å². The minimum atomic E-state index is -4.50. The minimum absolute atomic E-state index is 0.109. The summed E-state index contributed by atoms with van der Waals surface area (Å²) in [5, 5.41) is 5.63. The van der Waals surface area contributed by atoms with Crippen molar-refractivity contribution in [2.75, 3.05) is 5.32 Å². The van der Waals surface area contributed by atoms with E-state index in [2.05, 4.69) is 47.7 Å². The second kappa shape index (κ2) is 7.19. The molecule has 0 aliphatic rings. The number of hydrogen-bond donors (Lipinski definition) is 1. The number of halogens is 4. The summed E-state index contributed by atoms with van der Waals surface area (Å²) < 4.78 is 37.9. The van der Waals surface area contributed by atoms with Crippen LogP contribution < -0.4 is 5.32 Å². The Morgan fingerprint density at radius 3 is 2.73 bits per heavy atom. The van der Waals surface area contributed by atoms with Crippen molar-refractivity contribution in [1.29, 1.82) is 0 Å². The Morgan fingerprint density at radius 2 is 2.05 bits per heavy atom. The normalized spacial score (nSPS) is 10.8. The molecule has 0 atom stereocenters. The van der Waals surface area contributed by atoms with Crippen molar-refractivity contribution in [1.82, 2.24) is 9.97 Å². The maximum atomic E-state index is 12.6. The number of aromatic nitrogens is 2. The molecule has 0 radical (unpaired) electrons. The van der Waals surface area contributed by atoms with Crippen LogP contribution >= 0.6 is 30.1 Å². The van der Waals surface area contributed by atoms with Gasteiger partial charge in [-0.25, -0.2) is 9.97 Å². The van der Waals surface area contributed by atoms with Crippen LogP contribution in [-0.2, 0) is 6.18 Å². The van der Waals surface area contributed by atoms with E-state index in [0.717, 1.165) is 23.4 Å². The molecule has 2 rings (SSSR count). The number of anilines is 2. The Labute approximate surface area is 141 Å². The fraction of sp³-hybridized carbons (Fsp3) is 0.143. The molecule has 1 heterocycles. The van der Waals surface area contributed by atoms with Crippen molar-refractivity contribution in [3.63, 3.8) is 0 Å².